The number of benzene rings is 2. The number of hydrogen-bond acceptors (Lipinski definition) is 5. The van der Waals surface area contributed by atoms with Gasteiger partial charge in [-0.3, -0.25) is 9.59 Å². The molecule has 0 spiro atoms. The number of ether oxygens (including phenoxy) is 1. The molecule has 1 amide bonds. The SMILES string of the molecule is N#CC1CCC(CCOc2c(F)ccc3nc(C(=O)NCc4cccc(Cl)c4)[nH]c(=O)c23)CC1. The number of nitrogens with zero attached hydrogens (tertiary/aromatic N) is 2. The lowest BCUT2D eigenvalue weighted by Crippen LogP contribution is -2.27. The molecule has 1 aromatic heterocycles. The third-order valence-electron chi connectivity index (χ3n) is 6.14. The van der Waals surface area contributed by atoms with Gasteiger partial charge in [-0.1, -0.05) is 23.7 Å². The lowest BCUT2D eigenvalue weighted by atomic mass is 9.81. The molecule has 2 N–H and O–H groups in total. The summed E-state index contributed by atoms with van der Waals surface area (Å²) < 4.78 is 20.2. The number of aromatic nitrogens is 2. The van der Waals surface area contributed by atoms with E-state index in [0.29, 0.717) is 17.4 Å². The van der Waals surface area contributed by atoms with Crippen LogP contribution in [0.15, 0.2) is 41.2 Å². The molecule has 9 heteroatoms. The number of fused-ring (bicyclic) bond motifs is 1. The Morgan fingerprint density at radius 3 is 2.79 bits per heavy atom. The molecule has 2 aromatic carbocycles. The van der Waals surface area contributed by atoms with Crippen LogP contribution in [-0.2, 0) is 6.54 Å². The Balaban J connectivity index is 1.45. The van der Waals surface area contributed by atoms with Crippen molar-refractivity contribution in [1.29, 1.82) is 5.26 Å². The van der Waals surface area contributed by atoms with E-state index in [1.165, 1.54) is 12.1 Å². The Morgan fingerprint density at radius 2 is 2.06 bits per heavy atom. The van der Waals surface area contributed by atoms with Crippen molar-refractivity contribution in [1.82, 2.24) is 15.3 Å². The Morgan fingerprint density at radius 1 is 1.26 bits per heavy atom. The van der Waals surface area contributed by atoms with Crippen molar-refractivity contribution in [3.8, 4) is 11.8 Å². The number of rotatable bonds is 7. The standard InChI is InChI=1S/C25H24ClFN4O3/c26-18-3-1-2-17(12-18)14-29-25(33)23-30-20-9-8-19(27)22(21(20)24(32)31-23)34-11-10-15-4-6-16(13-28)7-5-15/h1-3,8-9,12,15-16H,4-7,10-11,14H2,(H,29,33)(H,30,31,32). The van der Waals surface area contributed by atoms with E-state index in [-0.39, 0.29) is 41.5 Å². The molecule has 0 atom stereocenters. The highest BCUT2D eigenvalue weighted by Crippen LogP contribution is 2.31. The molecule has 3 aromatic rings. The predicted molar refractivity (Wildman–Crippen MR) is 126 cm³/mol. The molecule has 0 bridgehead atoms. The highest BCUT2D eigenvalue weighted by molar-refractivity contribution is 6.30. The van der Waals surface area contributed by atoms with E-state index in [1.807, 2.05) is 6.07 Å². The minimum Gasteiger partial charge on any atom is -0.490 e. The Labute approximate surface area is 200 Å². The monoisotopic (exact) mass is 482 g/mol. The van der Waals surface area contributed by atoms with Crippen LogP contribution in [0.2, 0.25) is 5.02 Å². The molecular formula is C25H24ClFN4O3. The molecule has 7 nitrogen and oxygen atoms in total. The zero-order valence-electron chi connectivity index (χ0n) is 18.4. The van der Waals surface area contributed by atoms with Gasteiger partial charge in [0, 0.05) is 17.5 Å². The average molecular weight is 483 g/mol. The molecule has 0 unspecified atom stereocenters. The van der Waals surface area contributed by atoms with Crippen LogP contribution in [-0.4, -0.2) is 22.5 Å². The second-order valence-electron chi connectivity index (χ2n) is 8.48. The summed E-state index contributed by atoms with van der Waals surface area (Å²) >= 11 is 5.96. The van der Waals surface area contributed by atoms with Crippen molar-refractivity contribution < 1.29 is 13.9 Å². The second kappa shape index (κ2) is 10.7. The van der Waals surface area contributed by atoms with E-state index in [1.54, 1.807) is 18.2 Å². The molecule has 0 aliphatic heterocycles. The van der Waals surface area contributed by atoms with Gasteiger partial charge >= 0.3 is 0 Å². The number of H-pyrrole nitrogens is 1. The zero-order valence-corrected chi connectivity index (χ0v) is 19.2. The number of aromatic amines is 1. The fourth-order valence-corrected chi connectivity index (χ4v) is 4.46. The van der Waals surface area contributed by atoms with Crippen molar-refractivity contribution in [2.24, 2.45) is 11.8 Å². The second-order valence-corrected chi connectivity index (χ2v) is 8.92. The predicted octanol–water partition coefficient (Wildman–Crippen LogP) is 4.74. The summed E-state index contributed by atoms with van der Waals surface area (Å²) in [6.07, 6.45) is 4.33. The molecule has 176 valence electrons. The summed E-state index contributed by atoms with van der Waals surface area (Å²) in [5.41, 5.74) is 0.312. The number of carbonyl (C=O) groups is 1. The highest BCUT2D eigenvalue weighted by Gasteiger charge is 2.22. The highest BCUT2D eigenvalue weighted by atomic mass is 35.5. The Hall–Kier alpha value is -3.44. The lowest BCUT2D eigenvalue weighted by molar-refractivity contribution is 0.0940. The summed E-state index contributed by atoms with van der Waals surface area (Å²) in [6.45, 7) is 0.453. The van der Waals surface area contributed by atoms with E-state index in [4.69, 9.17) is 21.6 Å². The smallest absolute Gasteiger partial charge is 0.287 e. The topological polar surface area (TPSA) is 108 Å². The maximum atomic E-state index is 14.5. The van der Waals surface area contributed by atoms with Gasteiger partial charge in [0.15, 0.2) is 17.4 Å². The number of hydrogen-bond donors (Lipinski definition) is 2. The van der Waals surface area contributed by atoms with Crippen molar-refractivity contribution in [3.05, 3.63) is 69.0 Å². The molecule has 0 saturated heterocycles. The van der Waals surface area contributed by atoms with Gasteiger partial charge in [0.05, 0.1) is 18.2 Å². The van der Waals surface area contributed by atoms with Gasteiger partial charge in [0.1, 0.15) is 5.39 Å². The maximum absolute atomic E-state index is 14.5. The quantitative estimate of drug-likeness (QED) is 0.505. The average Bonchev–Trinajstić information content (AvgIpc) is 2.84. The molecule has 0 radical (unpaired) electrons. The van der Waals surface area contributed by atoms with Crippen LogP contribution in [0.25, 0.3) is 10.9 Å². The van der Waals surface area contributed by atoms with Gasteiger partial charge in [0.2, 0.25) is 0 Å². The molecule has 4 rings (SSSR count). The minimum absolute atomic E-state index is 0.0282. The van der Waals surface area contributed by atoms with Crippen molar-refractivity contribution in [2.45, 2.75) is 38.6 Å². The van der Waals surface area contributed by atoms with Crippen molar-refractivity contribution >= 4 is 28.4 Å². The van der Waals surface area contributed by atoms with Gasteiger partial charge in [-0.2, -0.15) is 5.26 Å². The van der Waals surface area contributed by atoms with E-state index in [9.17, 15) is 14.0 Å². The molecule has 1 aliphatic carbocycles. The van der Waals surface area contributed by atoms with Gasteiger partial charge in [0.25, 0.3) is 11.5 Å². The first-order valence-electron chi connectivity index (χ1n) is 11.2. The summed E-state index contributed by atoms with van der Waals surface area (Å²) in [5.74, 6) is -1.04. The number of nitriles is 1. The van der Waals surface area contributed by atoms with E-state index >= 15 is 0 Å². The molecule has 1 fully saturated rings. The van der Waals surface area contributed by atoms with Gasteiger partial charge < -0.3 is 15.0 Å². The molecular weight excluding hydrogens is 459 g/mol. The van der Waals surface area contributed by atoms with E-state index in [0.717, 1.165) is 31.2 Å². The molecule has 1 heterocycles. The normalized spacial score (nSPS) is 17.8. The third kappa shape index (κ3) is 5.54. The largest absolute Gasteiger partial charge is 0.490 e. The zero-order chi connectivity index (χ0) is 24.1. The van der Waals surface area contributed by atoms with Crippen LogP contribution >= 0.6 is 11.6 Å². The van der Waals surface area contributed by atoms with Crippen LogP contribution < -0.4 is 15.6 Å². The number of amides is 1. The molecule has 1 saturated carbocycles. The van der Waals surface area contributed by atoms with E-state index in [2.05, 4.69) is 21.4 Å². The Kier molecular flexibility index (Phi) is 7.43. The maximum Gasteiger partial charge on any atom is 0.287 e. The summed E-state index contributed by atoms with van der Waals surface area (Å²) in [7, 11) is 0. The van der Waals surface area contributed by atoms with Crippen LogP contribution in [0.5, 0.6) is 5.75 Å². The molecule has 1 aliphatic rings. The van der Waals surface area contributed by atoms with Gasteiger partial charge in [-0.25, -0.2) is 9.37 Å². The number of nitrogens with one attached hydrogen (secondary N) is 2. The lowest BCUT2D eigenvalue weighted by Gasteiger charge is -2.24. The van der Waals surface area contributed by atoms with Crippen LogP contribution in [0.1, 0.15) is 48.3 Å². The minimum atomic E-state index is -0.661. The Bertz CT molecular complexity index is 1300. The van der Waals surface area contributed by atoms with E-state index < -0.39 is 17.3 Å². The first kappa shape index (κ1) is 23.7. The summed E-state index contributed by atoms with van der Waals surface area (Å²) in [6, 6.07) is 11.9. The van der Waals surface area contributed by atoms with Crippen LogP contribution in [0, 0.1) is 29.0 Å². The molecule has 34 heavy (non-hydrogen) atoms. The fraction of sp³-hybridized carbons (Fsp3) is 0.360. The summed E-state index contributed by atoms with van der Waals surface area (Å²) in [5, 5.41) is 12.2. The summed E-state index contributed by atoms with van der Waals surface area (Å²) in [4.78, 5) is 31.9. The first-order chi connectivity index (χ1) is 16.4. The third-order valence-corrected chi connectivity index (χ3v) is 6.37. The first-order valence-corrected chi connectivity index (χ1v) is 11.6. The van der Waals surface area contributed by atoms with Crippen LogP contribution in [0.3, 0.4) is 0 Å². The number of halogens is 2. The number of carbonyl (C=O) groups excluding carboxylic acids is 1. The van der Waals surface area contributed by atoms with Crippen molar-refractivity contribution in [2.75, 3.05) is 6.61 Å². The van der Waals surface area contributed by atoms with Crippen molar-refractivity contribution in [3.63, 3.8) is 0 Å². The van der Waals surface area contributed by atoms with Gasteiger partial charge in [-0.05, 0) is 67.9 Å². The van der Waals surface area contributed by atoms with Crippen LogP contribution in [0.4, 0.5) is 4.39 Å². The fourth-order valence-electron chi connectivity index (χ4n) is 4.25. The van der Waals surface area contributed by atoms with Gasteiger partial charge in [-0.15, -0.1) is 0 Å².